The maximum absolute atomic E-state index is 12.7. The molecule has 7 heteroatoms. The Labute approximate surface area is 164 Å². The maximum Gasteiger partial charge on any atom is 0.344 e. The van der Waals surface area contributed by atoms with Crippen LogP contribution in [0.1, 0.15) is 34.8 Å². The molecule has 2 aromatic rings. The van der Waals surface area contributed by atoms with E-state index in [1.54, 1.807) is 13.0 Å². The van der Waals surface area contributed by atoms with Crippen LogP contribution in [0.15, 0.2) is 36.5 Å². The quantitative estimate of drug-likeness (QED) is 0.652. The summed E-state index contributed by atoms with van der Waals surface area (Å²) in [4.78, 5) is 30.5. The van der Waals surface area contributed by atoms with Gasteiger partial charge in [-0.15, -0.1) is 0 Å². The normalized spacial score (nSPS) is 10.1. The van der Waals surface area contributed by atoms with Gasteiger partial charge in [0.05, 0.1) is 19.1 Å². The highest BCUT2D eigenvalue weighted by molar-refractivity contribution is 5.98. The number of pyridine rings is 1. The fourth-order valence-corrected chi connectivity index (χ4v) is 2.75. The van der Waals surface area contributed by atoms with Gasteiger partial charge in [-0.3, -0.25) is 4.79 Å². The number of anilines is 1. The third kappa shape index (κ3) is 5.55. The molecule has 0 aliphatic heterocycles. The Kier molecular flexibility index (Phi) is 7.52. The predicted molar refractivity (Wildman–Crippen MR) is 104 cm³/mol. The number of ether oxygens (including phenoxy) is 2. The van der Waals surface area contributed by atoms with Crippen LogP contribution in [0.3, 0.4) is 0 Å². The second kappa shape index (κ2) is 10.1. The monoisotopic (exact) mass is 381 g/mol. The molecular formula is C21H23N3O4. The van der Waals surface area contributed by atoms with Crippen molar-refractivity contribution >= 4 is 17.6 Å². The summed E-state index contributed by atoms with van der Waals surface area (Å²) >= 11 is 0. The van der Waals surface area contributed by atoms with Crippen LogP contribution in [0.25, 0.3) is 0 Å². The minimum absolute atomic E-state index is 0.159. The molecule has 0 spiro atoms. The minimum atomic E-state index is -0.689. The highest BCUT2D eigenvalue weighted by atomic mass is 16.5. The average molecular weight is 381 g/mol. The Morgan fingerprint density at radius 3 is 2.57 bits per heavy atom. The molecule has 0 bridgehead atoms. The molecule has 146 valence electrons. The van der Waals surface area contributed by atoms with Crippen LogP contribution in [0.2, 0.25) is 0 Å². The highest BCUT2D eigenvalue weighted by Crippen LogP contribution is 2.20. The van der Waals surface area contributed by atoms with Gasteiger partial charge >= 0.3 is 5.97 Å². The lowest BCUT2D eigenvalue weighted by molar-refractivity contribution is -0.121. The maximum atomic E-state index is 12.7. The number of amides is 1. The molecule has 0 N–H and O–H groups in total. The van der Waals surface area contributed by atoms with Crippen LogP contribution in [0.4, 0.5) is 5.69 Å². The lowest BCUT2D eigenvalue weighted by atomic mass is 10.1. The number of hydrogen-bond donors (Lipinski definition) is 0. The molecule has 0 saturated heterocycles. The summed E-state index contributed by atoms with van der Waals surface area (Å²) in [6.45, 7) is 5.77. The van der Waals surface area contributed by atoms with E-state index in [9.17, 15) is 9.59 Å². The number of aryl methyl sites for hydroxylation is 2. The molecule has 7 nitrogen and oxygen atoms in total. The number of nitrogens with zero attached hydrogens (tertiary/aromatic N) is 3. The number of carbonyl (C=O) groups is 2. The van der Waals surface area contributed by atoms with Gasteiger partial charge in [0, 0.05) is 18.4 Å². The van der Waals surface area contributed by atoms with Gasteiger partial charge in [0.2, 0.25) is 5.88 Å². The van der Waals surface area contributed by atoms with Crippen LogP contribution in [0, 0.1) is 25.2 Å². The first kappa shape index (κ1) is 20.9. The Balaban J connectivity index is 2.13. The van der Waals surface area contributed by atoms with Crippen molar-refractivity contribution in [1.29, 1.82) is 5.26 Å². The zero-order valence-corrected chi connectivity index (χ0v) is 16.3. The molecule has 0 atom stereocenters. The molecule has 1 aromatic heterocycles. The summed E-state index contributed by atoms with van der Waals surface area (Å²) in [5, 5.41) is 8.91. The third-order valence-corrected chi connectivity index (χ3v) is 3.87. The third-order valence-electron chi connectivity index (χ3n) is 3.87. The molecular weight excluding hydrogens is 358 g/mol. The lowest BCUT2D eigenvalue weighted by Gasteiger charge is -2.22. The van der Waals surface area contributed by atoms with Crippen molar-refractivity contribution in [2.24, 2.45) is 0 Å². The molecule has 1 amide bonds. The standard InChI is InChI=1S/C21H23N3O4/c1-4-27-20-18(7-5-9-23-20)21(26)28-14-19(25)24(10-6-8-22)17-12-15(2)11-16(3)13-17/h5,7,9,11-13H,4,6,10,14H2,1-3H3. The molecule has 0 unspecified atom stereocenters. The molecule has 0 aliphatic rings. The lowest BCUT2D eigenvalue weighted by Crippen LogP contribution is -2.35. The summed E-state index contributed by atoms with van der Waals surface area (Å²) in [6.07, 6.45) is 1.68. The van der Waals surface area contributed by atoms with Gasteiger partial charge in [-0.1, -0.05) is 6.07 Å². The molecule has 2 rings (SSSR count). The van der Waals surface area contributed by atoms with E-state index < -0.39 is 18.5 Å². The van der Waals surface area contributed by atoms with E-state index in [2.05, 4.69) is 4.98 Å². The molecule has 1 heterocycles. The Morgan fingerprint density at radius 2 is 1.93 bits per heavy atom. The van der Waals surface area contributed by atoms with E-state index in [4.69, 9.17) is 14.7 Å². The van der Waals surface area contributed by atoms with Gasteiger partial charge in [-0.05, 0) is 56.2 Å². The van der Waals surface area contributed by atoms with Crippen molar-refractivity contribution in [2.75, 3.05) is 24.7 Å². The highest BCUT2D eigenvalue weighted by Gasteiger charge is 2.20. The molecule has 0 radical (unpaired) electrons. The number of rotatable bonds is 8. The summed E-state index contributed by atoms with van der Waals surface area (Å²) in [5.41, 5.74) is 2.83. The van der Waals surface area contributed by atoms with E-state index in [0.717, 1.165) is 11.1 Å². The molecule has 0 aliphatic carbocycles. The van der Waals surface area contributed by atoms with E-state index in [1.807, 2.05) is 38.1 Å². The zero-order chi connectivity index (χ0) is 20.5. The first-order chi connectivity index (χ1) is 13.5. The van der Waals surface area contributed by atoms with Crippen molar-refractivity contribution in [3.63, 3.8) is 0 Å². The van der Waals surface area contributed by atoms with Gasteiger partial charge in [0.1, 0.15) is 5.56 Å². The van der Waals surface area contributed by atoms with E-state index in [-0.39, 0.29) is 24.4 Å². The van der Waals surface area contributed by atoms with Gasteiger partial charge in [0.15, 0.2) is 6.61 Å². The van der Waals surface area contributed by atoms with Crippen molar-refractivity contribution < 1.29 is 19.1 Å². The SMILES string of the molecule is CCOc1ncccc1C(=O)OCC(=O)N(CCC#N)c1cc(C)cc(C)c1. The van der Waals surface area contributed by atoms with Crippen LogP contribution in [0.5, 0.6) is 5.88 Å². The smallest absolute Gasteiger partial charge is 0.344 e. The summed E-state index contributed by atoms with van der Waals surface area (Å²) in [6, 6.07) is 10.9. The summed E-state index contributed by atoms with van der Waals surface area (Å²) < 4.78 is 10.5. The van der Waals surface area contributed by atoms with Gasteiger partial charge in [-0.25, -0.2) is 9.78 Å². The fourth-order valence-electron chi connectivity index (χ4n) is 2.75. The Bertz CT molecular complexity index is 869. The van der Waals surface area contributed by atoms with E-state index in [1.165, 1.54) is 17.2 Å². The van der Waals surface area contributed by atoms with Crippen molar-refractivity contribution in [3.8, 4) is 11.9 Å². The number of carbonyl (C=O) groups excluding carboxylic acids is 2. The topological polar surface area (TPSA) is 92.5 Å². The van der Waals surface area contributed by atoms with E-state index in [0.29, 0.717) is 12.3 Å². The number of hydrogen-bond acceptors (Lipinski definition) is 6. The summed E-state index contributed by atoms with van der Waals surface area (Å²) in [7, 11) is 0. The van der Waals surface area contributed by atoms with E-state index >= 15 is 0 Å². The second-order valence-electron chi connectivity index (χ2n) is 6.16. The zero-order valence-electron chi connectivity index (χ0n) is 16.3. The number of benzene rings is 1. The predicted octanol–water partition coefficient (Wildman–Crippen LogP) is 3.20. The van der Waals surface area contributed by atoms with Crippen molar-refractivity contribution in [3.05, 3.63) is 53.2 Å². The first-order valence-corrected chi connectivity index (χ1v) is 8.96. The largest absolute Gasteiger partial charge is 0.477 e. The number of esters is 1. The van der Waals surface area contributed by atoms with Crippen LogP contribution in [-0.2, 0) is 9.53 Å². The molecule has 28 heavy (non-hydrogen) atoms. The number of nitriles is 1. The summed E-state index contributed by atoms with van der Waals surface area (Å²) in [5.74, 6) is -0.931. The van der Waals surface area contributed by atoms with Gasteiger partial charge in [-0.2, -0.15) is 5.26 Å². The van der Waals surface area contributed by atoms with Crippen LogP contribution < -0.4 is 9.64 Å². The minimum Gasteiger partial charge on any atom is -0.477 e. The van der Waals surface area contributed by atoms with Gasteiger partial charge in [0.25, 0.3) is 5.91 Å². The van der Waals surface area contributed by atoms with Crippen LogP contribution >= 0.6 is 0 Å². The van der Waals surface area contributed by atoms with Gasteiger partial charge < -0.3 is 14.4 Å². The average Bonchev–Trinajstić information content (AvgIpc) is 2.66. The second-order valence-corrected chi connectivity index (χ2v) is 6.16. The molecule has 0 fully saturated rings. The van der Waals surface area contributed by atoms with Crippen molar-refractivity contribution in [2.45, 2.75) is 27.2 Å². The molecule has 1 aromatic carbocycles. The van der Waals surface area contributed by atoms with Crippen LogP contribution in [-0.4, -0.2) is 36.6 Å². The Hall–Kier alpha value is -3.40. The van der Waals surface area contributed by atoms with Crippen molar-refractivity contribution in [1.82, 2.24) is 4.98 Å². The Morgan fingerprint density at radius 1 is 1.21 bits per heavy atom. The first-order valence-electron chi connectivity index (χ1n) is 8.96. The fraction of sp³-hybridized carbons (Fsp3) is 0.333. The number of aromatic nitrogens is 1. The molecule has 0 saturated carbocycles.